The fourth-order valence-electron chi connectivity index (χ4n) is 8.83. The molecule has 3 unspecified atom stereocenters. The lowest BCUT2D eigenvalue weighted by Crippen LogP contribution is -2.25. The quantitative estimate of drug-likeness (QED) is 0.183. The molecule has 4 heteroatoms. The van der Waals surface area contributed by atoms with Gasteiger partial charge in [-0.1, -0.05) is 141 Å². The maximum absolute atomic E-state index is 7.39. The standard InChI is InChI=1S/C44H32N4/c1-4-29-37-24-26(3)38-25(2)18-20-35(39(29)38)40(28-13-6-5-7-14-28)46-44(45)48-41-30-15-9-8-12-27(30)19-21-33(41)34-23-22-32-31-16-10-11-17-36(31)47(37)42(32)43(34)48/h1,5-26,29H,2-3H3,(H2,45,46)/b40-35-. The van der Waals surface area contributed by atoms with Gasteiger partial charge in [0.05, 0.1) is 33.7 Å². The molecule has 0 spiro atoms. The van der Waals surface area contributed by atoms with Crippen LogP contribution in [0.25, 0.3) is 65.8 Å². The molecule has 2 aliphatic carbocycles. The van der Waals surface area contributed by atoms with Crippen molar-refractivity contribution in [2.24, 2.45) is 28.5 Å². The third-order valence-corrected chi connectivity index (χ3v) is 10.8. The number of para-hydroxylation sites is 1. The van der Waals surface area contributed by atoms with E-state index in [9.17, 15) is 0 Å². The van der Waals surface area contributed by atoms with Crippen molar-refractivity contribution in [1.29, 1.82) is 0 Å². The Kier molecular flexibility index (Phi) is 5.49. The monoisotopic (exact) mass is 616 g/mol. The Hall–Kier alpha value is -6.05. The Labute approximate surface area is 278 Å². The summed E-state index contributed by atoms with van der Waals surface area (Å²) in [4.78, 5) is 5.46. The minimum absolute atomic E-state index is 0.166. The first kappa shape index (κ1) is 27.1. The van der Waals surface area contributed by atoms with E-state index in [1.807, 2.05) is 6.07 Å². The summed E-state index contributed by atoms with van der Waals surface area (Å²) in [6, 6.07) is 36.6. The molecule has 3 atom stereocenters. The Morgan fingerprint density at radius 3 is 2.17 bits per heavy atom. The summed E-state index contributed by atoms with van der Waals surface area (Å²) in [6.07, 6.45) is 13.6. The van der Waals surface area contributed by atoms with Crippen LogP contribution >= 0.6 is 0 Å². The van der Waals surface area contributed by atoms with Gasteiger partial charge in [-0.05, 0) is 28.9 Å². The fourth-order valence-corrected chi connectivity index (χ4v) is 8.83. The van der Waals surface area contributed by atoms with Gasteiger partial charge in [0.1, 0.15) is 0 Å². The van der Waals surface area contributed by atoms with Crippen LogP contribution in [0.3, 0.4) is 0 Å². The summed E-state index contributed by atoms with van der Waals surface area (Å²) in [6.45, 7) is 4.58. The Morgan fingerprint density at radius 1 is 0.688 bits per heavy atom. The lowest BCUT2D eigenvalue weighted by atomic mass is 9.70. The topological polar surface area (TPSA) is 48.2 Å². The SMILES string of the molecule is C#CC1C2=CC(C)C3=C1/C(=C(c1ccccc1)\N=C(/N)n1c4c5ccccc5ccc4c4ccc5c6ccccc6n2c5c41)C=CC3C. The molecule has 0 saturated heterocycles. The molecule has 0 amide bonds. The third-order valence-electron chi connectivity index (χ3n) is 10.8. The average molecular weight is 617 g/mol. The number of nitrogens with two attached hydrogens (primary N) is 1. The van der Waals surface area contributed by atoms with Gasteiger partial charge in [0, 0.05) is 43.8 Å². The molecule has 1 aliphatic heterocycles. The van der Waals surface area contributed by atoms with Crippen molar-refractivity contribution in [3.63, 3.8) is 0 Å². The lowest BCUT2D eigenvalue weighted by molar-refractivity contribution is 0.661. The fraction of sp³-hybridized carbons (Fsp3) is 0.114. The van der Waals surface area contributed by atoms with E-state index in [1.54, 1.807) is 0 Å². The van der Waals surface area contributed by atoms with E-state index in [0.717, 1.165) is 71.5 Å². The molecule has 228 valence electrons. The maximum atomic E-state index is 7.39. The van der Waals surface area contributed by atoms with E-state index in [2.05, 4.69) is 144 Å². The van der Waals surface area contributed by atoms with Gasteiger partial charge in [0.15, 0.2) is 0 Å². The van der Waals surface area contributed by atoms with Gasteiger partial charge in [-0.3, -0.25) is 4.57 Å². The highest BCUT2D eigenvalue weighted by Crippen LogP contribution is 2.51. The van der Waals surface area contributed by atoms with Crippen LogP contribution in [0.15, 0.2) is 143 Å². The molecular weight excluding hydrogens is 585 g/mol. The molecule has 7 aromatic rings. The molecule has 0 saturated carbocycles. The molecule has 0 fully saturated rings. The normalized spacial score (nSPS) is 23.1. The molecule has 48 heavy (non-hydrogen) atoms. The number of aliphatic imine (C=N–C) groups is 1. The van der Waals surface area contributed by atoms with Crippen molar-refractivity contribution in [2.45, 2.75) is 13.8 Å². The first-order valence-electron chi connectivity index (χ1n) is 16.7. The summed E-state index contributed by atoms with van der Waals surface area (Å²) in [5.41, 5.74) is 18.2. The second-order valence-corrected chi connectivity index (χ2v) is 13.3. The molecule has 2 N–H and O–H groups in total. The first-order chi connectivity index (χ1) is 23.5. The van der Waals surface area contributed by atoms with Crippen LogP contribution in [0.1, 0.15) is 19.4 Å². The number of hydrogen-bond donors (Lipinski definition) is 1. The molecule has 3 aliphatic rings. The van der Waals surface area contributed by atoms with E-state index >= 15 is 0 Å². The summed E-state index contributed by atoms with van der Waals surface area (Å²) >= 11 is 0. The van der Waals surface area contributed by atoms with Crippen molar-refractivity contribution in [1.82, 2.24) is 9.13 Å². The van der Waals surface area contributed by atoms with Gasteiger partial charge >= 0.3 is 0 Å². The van der Waals surface area contributed by atoms with Crippen LogP contribution in [0.5, 0.6) is 0 Å². The van der Waals surface area contributed by atoms with Gasteiger partial charge in [0.2, 0.25) is 5.96 Å². The van der Waals surface area contributed by atoms with Crippen molar-refractivity contribution in [2.75, 3.05) is 0 Å². The van der Waals surface area contributed by atoms with E-state index in [-0.39, 0.29) is 17.8 Å². The summed E-state index contributed by atoms with van der Waals surface area (Å²) in [5, 5.41) is 6.91. The smallest absolute Gasteiger partial charge is 0.205 e. The molecule has 2 bridgehead atoms. The number of fused-ring (bicyclic) bond motifs is 10. The molecule has 2 aromatic heterocycles. The highest BCUT2D eigenvalue weighted by Gasteiger charge is 2.37. The van der Waals surface area contributed by atoms with Crippen LogP contribution in [0.4, 0.5) is 0 Å². The van der Waals surface area contributed by atoms with Gasteiger partial charge in [-0.15, -0.1) is 6.42 Å². The highest BCUT2D eigenvalue weighted by atomic mass is 15.2. The first-order valence-corrected chi connectivity index (χ1v) is 16.7. The lowest BCUT2D eigenvalue weighted by Gasteiger charge is -2.36. The second kappa shape index (κ2) is 9.73. The average Bonchev–Trinajstić information content (AvgIpc) is 3.64. The third kappa shape index (κ3) is 3.43. The zero-order valence-electron chi connectivity index (χ0n) is 26.8. The predicted octanol–water partition coefficient (Wildman–Crippen LogP) is 9.89. The molecule has 0 radical (unpaired) electrons. The van der Waals surface area contributed by atoms with Crippen LogP contribution < -0.4 is 5.73 Å². The number of rotatable bonds is 1. The van der Waals surface area contributed by atoms with E-state index in [0.29, 0.717) is 5.96 Å². The zero-order chi connectivity index (χ0) is 32.3. The van der Waals surface area contributed by atoms with Crippen LogP contribution in [-0.2, 0) is 0 Å². The summed E-state index contributed by atoms with van der Waals surface area (Å²) in [5.74, 6) is 3.84. The number of terminal acetylenes is 1. The Bertz CT molecular complexity index is 2770. The number of hydrogen-bond acceptors (Lipinski definition) is 2. The predicted molar refractivity (Wildman–Crippen MR) is 201 cm³/mol. The van der Waals surface area contributed by atoms with E-state index in [4.69, 9.17) is 17.1 Å². The molecular formula is C44H32N4. The minimum Gasteiger partial charge on any atom is -0.369 e. The summed E-state index contributed by atoms with van der Waals surface area (Å²) in [7, 11) is 0. The van der Waals surface area contributed by atoms with Crippen LogP contribution in [0.2, 0.25) is 0 Å². The second-order valence-electron chi connectivity index (χ2n) is 13.3. The van der Waals surface area contributed by atoms with Crippen molar-refractivity contribution >= 4 is 71.7 Å². The highest BCUT2D eigenvalue weighted by molar-refractivity contribution is 6.29. The van der Waals surface area contributed by atoms with Crippen molar-refractivity contribution < 1.29 is 0 Å². The van der Waals surface area contributed by atoms with Gasteiger partial charge in [0.25, 0.3) is 0 Å². The number of benzene rings is 5. The van der Waals surface area contributed by atoms with E-state index in [1.165, 1.54) is 16.5 Å². The summed E-state index contributed by atoms with van der Waals surface area (Å²) < 4.78 is 4.65. The molecule has 10 rings (SSSR count). The number of nitrogens with zero attached hydrogens (tertiary/aromatic N) is 3. The largest absolute Gasteiger partial charge is 0.369 e. The van der Waals surface area contributed by atoms with Crippen LogP contribution in [-0.4, -0.2) is 15.1 Å². The maximum Gasteiger partial charge on any atom is 0.205 e. The zero-order valence-corrected chi connectivity index (χ0v) is 26.8. The Balaban J connectivity index is 1.51. The molecule has 3 heterocycles. The van der Waals surface area contributed by atoms with E-state index < -0.39 is 0 Å². The van der Waals surface area contributed by atoms with Crippen molar-refractivity contribution in [3.05, 3.63) is 144 Å². The van der Waals surface area contributed by atoms with Crippen LogP contribution in [0, 0.1) is 30.1 Å². The molecule has 5 aromatic carbocycles. The minimum atomic E-state index is -0.292. The Morgan fingerprint density at radius 2 is 1.35 bits per heavy atom. The number of aromatic nitrogens is 2. The van der Waals surface area contributed by atoms with Gasteiger partial charge < -0.3 is 10.3 Å². The van der Waals surface area contributed by atoms with Gasteiger partial charge in [-0.2, -0.15) is 0 Å². The molecule has 4 nitrogen and oxygen atoms in total. The number of allylic oxidation sites excluding steroid dienone is 7. The van der Waals surface area contributed by atoms with Gasteiger partial charge in [-0.25, -0.2) is 4.99 Å². The van der Waals surface area contributed by atoms with Crippen molar-refractivity contribution in [3.8, 4) is 12.3 Å².